The van der Waals surface area contributed by atoms with Gasteiger partial charge < -0.3 is 16.2 Å². The lowest BCUT2D eigenvalue weighted by Crippen LogP contribution is -2.32. The van der Waals surface area contributed by atoms with Gasteiger partial charge in [-0.1, -0.05) is 30.3 Å². The Morgan fingerprint density at radius 1 is 1.12 bits per heavy atom. The predicted octanol–water partition coefficient (Wildman–Crippen LogP) is 2.64. The molecule has 5 nitrogen and oxygen atoms in total. The smallest absolute Gasteiger partial charge is 0.320 e. The van der Waals surface area contributed by atoms with E-state index in [1.807, 2.05) is 31.3 Å². The van der Waals surface area contributed by atoms with Crippen molar-refractivity contribution in [3.05, 3.63) is 59.3 Å². The van der Waals surface area contributed by atoms with E-state index in [9.17, 15) is 4.79 Å². The lowest BCUT2D eigenvalue weighted by molar-refractivity contribution is -0.138. The topological polar surface area (TPSA) is 88.2 Å². The van der Waals surface area contributed by atoms with E-state index in [1.54, 1.807) is 0 Å². The van der Waals surface area contributed by atoms with E-state index >= 15 is 0 Å². The zero-order chi connectivity index (χ0) is 17.4. The average molecular weight is 327 g/mol. The van der Waals surface area contributed by atoms with Crippen molar-refractivity contribution in [1.82, 2.24) is 4.98 Å². The Morgan fingerprint density at radius 3 is 2.46 bits per heavy atom. The maximum atomic E-state index is 10.8. The normalized spacial score (nSPS) is 11.9. The third-order valence-corrected chi connectivity index (χ3v) is 4.01. The third-order valence-electron chi connectivity index (χ3n) is 4.01. The van der Waals surface area contributed by atoms with E-state index in [0.717, 1.165) is 42.8 Å². The molecule has 0 saturated heterocycles. The number of unbranched alkanes of at least 4 members (excludes halogenated alkanes) is 1. The van der Waals surface area contributed by atoms with Crippen LogP contribution >= 0.6 is 0 Å². The van der Waals surface area contributed by atoms with Crippen LogP contribution in [0.1, 0.15) is 29.7 Å². The second-order valence-corrected chi connectivity index (χ2v) is 5.94. The number of aromatic nitrogens is 1. The van der Waals surface area contributed by atoms with Gasteiger partial charge in [0, 0.05) is 12.7 Å². The number of benzene rings is 1. The number of carbonyl (C=O) groups is 1. The number of hydrogen-bond donors (Lipinski definition) is 3. The number of aryl methyl sites for hydroxylation is 2. The number of aliphatic carboxylic acids is 1. The van der Waals surface area contributed by atoms with Gasteiger partial charge in [0.25, 0.3) is 0 Å². The van der Waals surface area contributed by atoms with Crippen molar-refractivity contribution in [2.75, 3.05) is 12.4 Å². The Morgan fingerprint density at radius 2 is 1.79 bits per heavy atom. The molecule has 0 saturated carbocycles. The molecule has 128 valence electrons. The molecule has 0 aliphatic heterocycles. The summed E-state index contributed by atoms with van der Waals surface area (Å²) >= 11 is 0. The van der Waals surface area contributed by atoms with Crippen molar-refractivity contribution in [3.8, 4) is 0 Å². The lowest BCUT2D eigenvalue weighted by atomic mass is 10.0. The van der Waals surface area contributed by atoms with Crippen LogP contribution in [0.3, 0.4) is 0 Å². The molecule has 1 atom stereocenters. The maximum Gasteiger partial charge on any atom is 0.320 e. The fraction of sp³-hybridized carbons (Fsp3) is 0.368. The molecule has 2 aromatic rings. The Labute approximate surface area is 142 Å². The summed E-state index contributed by atoms with van der Waals surface area (Å²) in [4.78, 5) is 15.3. The monoisotopic (exact) mass is 327 g/mol. The van der Waals surface area contributed by atoms with Crippen LogP contribution in [-0.2, 0) is 24.1 Å². The quantitative estimate of drug-likeness (QED) is 0.616. The number of nitrogens with two attached hydrogens (primary N) is 1. The first-order valence-corrected chi connectivity index (χ1v) is 8.28. The number of anilines is 1. The van der Waals surface area contributed by atoms with Crippen LogP contribution in [0.4, 0.5) is 5.82 Å². The summed E-state index contributed by atoms with van der Waals surface area (Å²) in [5.41, 5.74) is 8.89. The molecule has 0 aliphatic carbocycles. The SMILES string of the molecule is CNc1cccc(CCCCc2ccc(C[C@H](N)C(=O)O)cc2)n1. The molecule has 5 heteroatoms. The number of carboxylic acids is 1. The molecule has 4 N–H and O–H groups in total. The van der Waals surface area contributed by atoms with E-state index < -0.39 is 12.0 Å². The van der Waals surface area contributed by atoms with Crippen molar-refractivity contribution in [1.29, 1.82) is 0 Å². The van der Waals surface area contributed by atoms with Gasteiger partial charge in [-0.25, -0.2) is 4.98 Å². The average Bonchev–Trinajstić information content (AvgIpc) is 2.60. The number of nitrogens with one attached hydrogen (secondary N) is 1. The highest BCUT2D eigenvalue weighted by atomic mass is 16.4. The largest absolute Gasteiger partial charge is 0.480 e. The van der Waals surface area contributed by atoms with Crippen LogP contribution in [0.15, 0.2) is 42.5 Å². The van der Waals surface area contributed by atoms with Crippen molar-refractivity contribution < 1.29 is 9.90 Å². The second-order valence-electron chi connectivity index (χ2n) is 5.94. The number of carboxylic acid groups (broad SMARTS) is 1. The summed E-state index contributed by atoms with van der Waals surface area (Å²) in [6, 6.07) is 13.3. The fourth-order valence-corrected chi connectivity index (χ4v) is 2.58. The first-order valence-electron chi connectivity index (χ1n) is 8.28. The van der Waals surface area contributed by atoms with Gasteiger partial charge in [0.05, 0.1) is 0 Å². The number of hydrogen-bond acceptors (Lipinski definition) is 4. The van der Waals surface area contributed by atoms with Gasteiger partial charge in [0.2, 0.25) is 0 Å². The fourth-order valence-electron chi connectivity index (χ4n) is 2.58. The molecule has 0 amide bonds. The van der Waals surface area contributed by atoms with E-state index in [4.69, 9.17) is 10.8 Å². The molecule has 2 rings (SSSR count). The third kappa shape index (κ3) is 5.66. The summed E-state index contributed by atoms with van der Waals surface area (Å²) in [5.74, 6) is -0.0577. The Kier molecular flexibility index (Phi) is 6.75. The van der Waals surface area contributed by atoms with Crippen molar-refractivity contribution in [3.63, 3.8) is 0 Å². The summed E-state index contributed by atoms with van der Waals surface area (Å²) in [6.45, 7) is 0. The van der Waals surface area contributed by atoms with Crippen LogP contribution in [0.2, 0.25) is 0 Å². The summed E-state index contributed by atoms with van der Waals surface area (Å²) in [6.07, 6.45) is 4.53. The lowest BCUT2D eigenvalue weighted by Gasteiger charge is -2.08. The van der Waals surface area contributed by atoms with Gasteiger partial charge in [-0.3, -0.25) is 4.79 Å². The Hall–Kier alpha value is -2.40. The minimum Gasteiger partial charge on any atom is -0.480 e. The van der Waals surface area contributed by atoms with Gasteiger partial charge in [-0.2, -0.15) is 0 Å². The Bertz CT molecular complexity index is 656. The van der Waals surface area contributed by atoms with Gasteiger partial charge in [-0.15, -0.1) is 0 Å². The zero-order valence-corrected chi connectivity index (χ0v) is 14.0. The number of rotatable bonds is 9. The Balaban J connectivity index is 1.75. The first kappa shape index (κ1) is 17.9. The van der Waals surface area contributed by atoms with E-state index in [0.29, 0.717) is 6.42 Å². The standard InChI is InChI=1S/C19H25N3O2/c1-21-18-8-4-7-16(22-18)6-3-2-5-14-9-11-15(12-10-14)13-17(20)19(23)24/h4,7-12,17H,2-3,5-6,13,20H2,1H3,(H,21,22)(H,23,24)/t17-/m0/s1. The van der Waals surface area contributed by atoms with Crippen molar-refractivity contribution in [2.45, 2.75) is 38.1 Å². The maximum absolute atomic E-state index is 10.8. The van der Waals surface area contributed by atoms with Crippen molar-refractivity contribution in [2.24, 2.45) is 5.73 Å². The van der Waals surface area contributed by atoms with Crippen molar-refractivity contribution >= 4 is 11.8 Å². The van der Waals surface area contributed by atoms with Gasteiger partial charge in [0.1, 0.15) is 11.9 Å². The summed E-state index contributed by atoms with van der Waals surface area (Å²) in [5, 5.41) is 11.9. The van der Waals surface area contributed by atoms with Gasteiger partial charge >= 0.3 is 5.97 Å². The van der Waals surface area contributed by atoms with Crippen LogP contribution in [0.5, 0.6) is 0 Å². The molecule has 1 aromatic carbocycles. The number of pyridine rings is 1. The molecule has 0 unspecified atom stereocenters. The van der Waals surface area contributed by atoms with Crippen LogP contribution in [0, 0.1) is 0 Å². The van der Waals surface area contributed by atoms with E-state index in [-0.39, 0.29) is 0 Å². The highest BCUT2D eigenvalue weighted by Gasteiger charge is 2.11. The van der Waals surface area contributed by atoms with E-state index in [2.05, 4.69) is 28.5 Å². The summed E-state index contributed by atoms with van der Waals surface area (Å²) < 4.78 is 0. The summed E-state index contributed by atoms with van der Waals surface area (Å²) in [7, 11) is 1.87. The molecule has 0 spiro atoms. The van der Waals surface area contributed by atoms with E-state index in [1.165, 1.54) is 5.56 Å². The van der Waals surface area contributed by atoms with Crippen LogP contribution in [0.25, 0.3) is 0 Å². The zero-order valence-electron chi connectivity index (χ0n) is 14.0. The minimum absolute atomic E-state index is 0.364. The molecule has 0 radical (unpaired) electrons. The first-order chi connectivity index (χ1) is 11.6. The predicted molar refractivity (Wildman–Crippen MR) is 96.2 cm³/mol. The van der Waals surface area contributed by atoms with Gasteiger partial charge in [-0.05, 0) is 55.4 Å². The minimum atomic E-state index is -0.963. The van der Waals surface area contributed by atoms with Gasteiger partial charge in [0.15, 0.2) is 0 Å². The molecular weight excluding hydrogens is 302 g/mol. The van der Waals surface area contributed by atoms with Crippen LogP contribution < -0.4 is 11.1 Å². The second kappa shape index (κ2) is 9.03. The highest BCUT2D eigenvalue weighted by Crippen LogP contribution is 2.12. The molecule has 0 aliphatic rings. The molecule has 0 bridgehead atoms. The molecule has 0 fully saturated rings. The molecule has 24 heavy (non-hydrogen) atoms. The molecular formula is C19H25N3O2. The molecule has 1 heterocycles. The van der Waals surface area contributed by atoms with Crippen LogP contribution in [-0.4, -0.2) is 29.1 Å². The molecule has 1 aromatic heterocycles. The highest BCUT2D eigenvalue weighted by molar-refractivity contribution is 5.73. The number of nitrogens with zero attached hydrogens (tertiary/aromatic N) is 1.